The van der Waals surface area contributed by atoms with Gasteiger partial charge < -0.3 is 4.42 Å². The number of carbonyl (C=O) groups excluding carboxylic acids is 1. The van der Waals surface area contributed by atoms with Crippen LogP contribution < -0.4 is 0 Å². The van der Waals surface area contributed by atoms with Crippen LogP contribution in [-0.2, 0) is 0 Å². The number of nitrogens with zero attached hydrogens (tertiary/aromatic N) is 6. The summed E-state index contributed by atoms with van der Waals surface area (Å²) < 4.78 is 29.8. The molecular formula is C17H14F2N6O2. The van der Waals surface area contributed by atoms with Gasteiger partial charge >= 0.3 is 6.43 Å². The zero-order chi connectivity index (χ0) is 19.4. The summed E-state index contributed by atoms with van der Waals surface area (Å²) in [6, 6.07) is 4.89. The quantitative estimate of drug-likeness (QED) is 0.505. The smallest absolute Gasteiger partial charge is 0.314 e. The summed E-state index contributed by atoms with van der Waals surface area (Å²) in [6.45, 7) is 1.81. The first-order valence-corrected chi connectivity index (χ1v) is 7.76. The van der Waals surface area contributed by atoms with E-state index in [9.17, 15) is 13.6 Å². The van der Waals surface area contributed by atoms with E-state index in [2.05, 4.69) is 25.3 Å². The molecule has 0 radical (unpaired) electrons. The Bertz CT molecular complexity index is 972. The third kappa shape index (κ3) is 4.17. The van der Waals surface area contributed by atoms with Gasteiger partial charge in [-0.05, 0) is 30.7 Å². The molecule has 0 N–H and O–H groups in total. The molecule has 8 nitrogen and oxygen atoms in total. The Morgan fingerprint density at radius 2 is 2.07 bits per heavy atom. The Morgan fingerprint density at radius 1 is 1.26 bits per heavy atom. The molecule has 0 aromatic carbocycles. The van der Waals surface area contributed by atoms with Crippen LogP contribution in [0.25, 0.3) is 11.5 Å². The van der Waals surface area contributed by atoms with E-state index < -0.39 is 12.3 Å². The average Bonchev–Trinajstić information content (AvgIpc) is 3.17. The molecule has 3 rings (SSSR count). The van der Waals surface area contributed by atoms with Gasteiger partial charge in [0.2, 0.25) is 5.89 Å². The maximum absolute atomic E-state index is 12.5. The molecule has 3 aromatic rings. The molecule has 138 valence electrons. The Labute approximate surface area is 152 Å². The Hall–Kier alpha value is -3.56. The zero-order valence-corrected chi connectivity index (χ0v) is 14.4. The van der Waals surface area contributed by atoms with Crippen LogP contribution in [0.15, 0.2) is 46.3 Å². The maximum Gasteiger partial charge on any atom is 0.314 e. The van der Waals surface area contributed by atoms with Crippen molar-refractivity contribution in [1.82, 2.24) is 25.2 Å². The highest BCUT2D eigenvalue weighted by molar-refractivity contribution is 5.95. The molecule has 0 aliphatic heterocycles. The number of alkyl halides is 2. The van der Waals surface area contributed by atoms with Gasteiger partial charge in [-0.25, -0.2) is 5.01 Å². The Morgan fingerprint density at radius 3 is 2.70 bits per heavy atom. The summed E-state index contributed by atoms with van der Waals surface area (Å²) in [7, 11) is 1.52. The zero-order valence-electron chi connectivity index (χ0n) is 14.4. The first-order valence-electron chi connectivity index (χ1n) is 7.76. The van der Waals surface area contributed by atoms with Gasteiger partial charge in [0, 0.05) is 25.6 Å². The molecule has 0 spiro atoms. The fraction of sp³-hybridized carbons (Fsp3) is 0.176. The number of aromatic nitrogens is 4. The van der Waals surface area contributed by atoms with E-state index in [0.717, 1.165) is 5.56 Å². The van der Waals surface area contributed by atoms with Gasteiger partial charge in [-0.2, -0.15) is 13.9 Å². The number of halogens is 2. The molecule has 0 atom stereocenters. The predicted molar refractivity (Wildman–Crippen MR) is 91.1 cm³/mol. The monoisotopic (exact) mass is 372 g/mol. The molecule has 1 amide bonds. The van der Waals surface area contributed by atoms with E-state index in [4.69, 9.17) is 4.42 Å². The second-order valence-electron chi connectivity index (χ2n) is 5.48. The number of rotatable bonds is 5. The van der Waals surface area contributed by atoms with Gasteiger partial charge in [-0.15, -0.1) is 10.2 Å². The van der Waals surface area contributed by atoms with Crippen LogP contribution in [0.5, 0.6) is 0 Å². The molecule has 3 aromatic heterocycles. The normalized spacial score (nSPS) is 11.3. The topological polar surface area (TPSA) is 97.4 Å². The molecule has 27 heavy (non-hydrogen) atoms. The maximum atomic E-state index is 12.5. The Balaban J connectivity index is 1.70. The standard InChI is InChI=1S/C17H14F2N6O2/c1-10-5-6-20-9-13(10)17(26)25(2)22-8-12-4-3-11(7-21-12)15-23-24-16(27-15)14(18)19/h3-9,14H,1-2H3/b22-8+. The van der Waals surface area contributed by atoms with Gasteiger partial charge in [0.25, 0.3) is 11.8 Å². The van der Waals surface area contributed by atoms with Crippen LogP contribution in [0, 0.1) is 6.92 Å². The van der Waals surface area contributed by atoms with Crippen molar-refractivity contribution >= 4 is 12.1 Å². The summed E-state index contributed by atoms with van der Waals surface area (Å²) in [5.41, 5.74) is 2.09. The molecule has 0 saturated heterocycles. The van der Waals surface area contributed by atoms with E-state index in [1.807, 2.05) is 6.92 Å². The second kappa shape index (κ2) is 7.77. The van der Waals surface area contributed by atoms with Gasteiger partial charge in [0.05, 0.1) is 23.0 Å². The van der Waals surface area contributed by atoms with Crippen LogP contribution >= 0.6 is 0 Å². The van der Waals surface area contributed by atoms with Crippen molar-refractivity contribution in [3.05, 3.63) is 59.5 Å². The van der Waals surface area contributed by atoms with Gasteiger partial charge in [-0.3, -0.25) is 14.8 Å². The predicted octanol–water partition coefficient (Wildman–Crippen LogP) is 2.88. The molecule has 0 bridgehead atoms. The summed E-state index contributed by atoms with van der Waals surface area (Å²) >= 11 is 0. The number of carbonyl (C=O) groups is 1. The first-order chi connectivity index (χ1) is 13.0. The van der Waals surface area contributed by atoms with E-state index in [0.29, 0.717) is 16.8 Å². The van der Waals surface area contributed by atoms with Crippen molar-refractivity contribution in [2.45, 2.75) is 13.3 Å². The lowest BCUT2D eigenvalue weighted by Gasteiger charge is -2.11. The van der Waals surface area contributed by atoms with Gasteiger partial charge in [-0.1, -0.05) is 0 Å². The van der Waals surface area contributed by atoms with Crippen molar-refractivity contribution in [3.63, 3.8) is 0 Å². The Kier molecular flexibility index (Phi) is 5.25. The number of aryl methyl sites for hydroxylation is 1. The molecule has 0 saturated carbocycles. The van der Waals surface area contributed by atoms with Crippen molar-refractivity contribution in [1.29, 1.82) is 0 Å². The van der Waals surface area contributed by atoms with Crippen molar-refractivity contribution < 1.29 is 18.0 Å². The molecule has 0 aliphatic carbocycles. The molecule has 0 aliphatic rings. The van der Waals surface area contributed by atoms with Crippen LogP contribution in [0.1, 0.15) is 33.9 Å². The van der Waals surface area contributed by atoms with E-state index in [-0.39, 0.29) is 11.8 Å². The number of hydrazone groups is 1. The second-order valence-corrected chi connectivity index (χ2v) is 5.48. The van der Waals surface area contributed by atoms with Gasteiger partial charge in [0.1, 0.15) is 0 Å². The lowest BCUT2D eigenvalue weighted by atomic mass is 10.1. The largest absolute Gasteiger partial charge is 0.415 e. The van der Waals surface area contributed by atoms with Crippen LogP contribution in [0.4, 0.5) is 8.78 Å². The number of hydrogen-bond donors (Lipinski definition) is 0. The summed E-state index contributed by atoms with van der Waals surface area (Å²) in [5.74, 6) is -1.11. The third-order valence-electron chi connectivity index (χ3n) is 3.59. The van der Waals surface area contributed by atoms with E-state index in [1.54, 1.807) is 24.4 Å². The molecule has 3 heterocycles. The number of pyridine rings is 2. The summed E-state index contributed by atoms with van der Waals surface area (Å²) in [5, 5.41) is 12.0. The van der Waals surface area contributed by atoms with Crippen LogP contribution in [0.3, 0.4) is 0 Å². The lowest BCUT2D eigenvalue weighted by Crippen LogP contribution is -2.22. The molecular weight excluding hydrogens is 358 g/mol. The minimum absolute atomic E-state index is 0.0550. The molecule has 10 heteroatoms. The minimum Gasteiger partial charge on any atom is -0.415 e. The summed E-state index contributed by atoms with van der Waals surface area (Å²) in [4.78, 5) is 20.4. The fourth-order valence-corrected chi connectivity index (χ4v) is 2.11. The average molecular weight is 372 g/mol. The molecule has 0 unspecified atom stereocenters. The van der Waals surface area contributed by atoms with E-state index >= 15 is 0 Å². The lowest BCUT2D eigenvalue weighted by molar-refractivity contribution is 0.0799. The van der Waals surface area contributed by atoms with Gasteiger partial charge in [0.15, 0.2) is 0 Å². The number of amides is 1. The highest BCUT2D eigenvalue weighted by Gasteiger charge is 2.17. The van der Waals surface area contributed by atoms with Crippen LogP contribution in [0.2, 0.25) is 0 Å². The fourth-order valence-electron chi connectivity index (χ4n) is 2.11. The van der Waals surface area contributed by atoms with Crippen LogP contribution in [-0.4, -0.2) is 44.3 Å². The highest BCUT2D eigenvalue weighted by Crippen LogP contribution is 2.22. The van der Waals surface area contributed by atoms with Crippen molar-refractivity contribution in [2.75, 3.05) is 7.05 Å². The molecule has 0 fully saturated rings. The first kappa shape index (κ1) is 18.2. The minimum atomic E-state index is -2.83. The highest BCUT2D eigenvalue weighted by atomic mass is 19.3. The third-order valence-corrected chi connectivity index (χ3v) is 3.59. The number of hydrogen-bond acceptors (Lipinski definition) is 7. The summed E-state index contributed by atoms with van der Waals surface area (Å²) in [6.07, 6.45) is 3.04. The van der Waals surface area contributed by atoms with Crippen molar-refractivity contribution in [3.8, 4) is 11.5 Å². The van der Waals surface area contributed by atoms with Crippen molar-refractivity contribution in [2.24, 2.45) is 5.10 Å². The van der Waals surface area contributed by atoms with E-state index in [1.165, 1.54) is 30.7 Å². The SMILES string of the molecule is Cc1ccncc1C(=O)N(C)/N=C/c1ccc(-c2nnc(C(F)F)o2)cn1.